The quantitative estimate of drug-likeness (QED) is 0.873. The van der Waals surface area contributed by atoms with E-state index < -0.39 is 0 Å². The predicted octanol–water partition coefficient (Wildman–Crippen LogP) is 1.32. The second-order valence-electron chi connectivity index (χ2n) is 3.83. The zero-order chi connectivity index (χ0) is 11.5. The number of carbonyl (C=O) groups excluding carboxylic acids is 1. The van der Waals surface area contributed by atoms with Gasteiger partial charge >= 0.3 is 0 Å². The van der Waals surface area contributed by atoms with E-state index >= 15 is 0 Å². The largest absolute Gasteiger partial charge is 0.364 e. The van der Waals surface area contributed by atoms with Gasteiger partial charge in [-0.05, 0) is 19.8 Å². The number of halogens is 1. The molecule has 17 heavy (non-hydrogen) atoms. The summed E-state index contributed by atoms with van der Waals surface area (Å²) in [6.07, 6.45) is 2.97. The van der Waals surface area contributed by atoms with Crippen LogP contribution in [0.5, 0.6) is 0 Å². The molecule has 1 aliphatic rings. The van der Waals surface area contributed by atoms with Crippen molar-refractivity contribution in [2.45, 2.75) is 32.0 Å². The van der Waals surface area contributed by atoms with Gasteiger partial charge in [0.15, 0.2) is 5.13 Å². The molecule has 0 unspecified atom stereocenters. The molecule has 1 aliphatic heterocycles. The number of aryl methyl sites for hydroxylation is 1. The zero-order valence-corrected chi connectivity index (χ0v) is 11.1. The second kappa shape index (κ2) is 6.30. The first kappa shape index (κ1) is 14.4. The molecular formula is C10H16ClN3O2S. The molecule has 1 saturated heterocycles. The number of aromatic nitrogens is 1. The van der Waals surface area contributed by atoms with Gasteiger partial charge in [0.1, 0.15) is 6.10 Å². The van der Waals surface area contributed by atoms with E-state index in [1.807, 2.05) is 6.92 Å². The number of ether oxygens (including phenoxy) is 1. The number of nitrogens with zero attached hydrogens (tertiary/aromatic N) is 1. The maximum atomic E-state index is 11.8. The van der Waals surface area contributed by atoms with Crippen LogP contribution in [0, 0.1) is 6.92 Å². The lowest BCUT2D eigenvalue weighted by atomic mass is 10.2. The summed E-state index contributed by atoms with van der Waals surface area (Å²) < 4.78 is 5.49. The number of nitrogens with one attached hydrogen (secondary N) is 1. The third-order valence-electron chi connectivity index (χ3n) is 2.51. The van der Waals surface area contributed by atoms with Crippen LogP contribution in [0.3, 0.4) is 0 Å². The first-order valence-electron chi connectivity index (χ1n) is 5.28. The average molecular weight is 278 g/mol. The number of amides is 1. The maximum Gasteiger partial charge on any atom is 0.255 e. The highest BCUT2D eigenvalue weighted by atomic mass is 35.5. The summed E-state index contributed by atoms with van der Waals surface area (Å²) in [6.45, 7) is 2.42. The van der Waals surface area contributed by atoms with Gasteiger partial charge in [0, 0.05) is 17.6 Å². The smallest absolute Gasteiger partial charge is 0.255 e. The van der Waals surface area contributed by atoms with Gasteiger partial charge in [0.25, 0.3) is 5.91 Å². The number of rotatable bonds is 3. The van der Waals surface area contributed by atoms with Crippen molar-refractivity contribution in [1.29, 1.82) is 0 Å². The van der Waals surface area contributed by atoms with Crippen LogP contribution < -0.4 is 11.1 Å². The summed E-state index contributed by atoms with van der Waals surface area (Å²) in [5.74, 6) is -0.120. The number of thiazole rings is 1. The van der Waals surface area contributed by atoms with Crippen LogP contribution in [0.1, 0.15) is 17.7 Å². The Bertz CT molecular complexity index is 385. The van der Waals surface area contributed by atoms with E-state index in [9.17, 15) is 4.79 Å². The molecule has 1 fully saturated rings. The molecule has 3 N–H and O–H groups in total. The van der Waals surface area contributed by atoms with Crippen molar-refractivity contribution >= 4 is 34.8 Å². The normalized spacial score (nSPS) is 23.2. The first-order chi connectivity index (χ1) is 7.69. The highest BCUT2D eigenvalue weighted by molar-refractivity contribution is 7.15. The fourth-order valence-electron chi connectivity index (χ4n) is 1.67. The van der Waals surface area contributed by atoms with E-state index in [-0.39, 0.29) is 30.5 Å². The highest BCUT2D eigenvalue weighted by Gasteiger charge is 2.30. The van der Waals surface area contributed by atoms with Crippen LogP contribution in [0.15, 0.2) is 6.20 Å². The Kier molecular flexibility index (Phi) is 5.32. The minimum absolute atomic E-state index is 0. The van der Waals surface area contributed by atoms with Gasteiger partial charge in [-0.15, -0.1) is 23.7 Å². The molecule has 0 radical (unpaired) electrons. The van der Waals surface area contributed by atoms with Crippen molar-refractivity contribution in [3.8, 4) is 0 Å². The van der Waals surface area contributed by atoms with E-state index in [2.05, 4.69) is 10.3 Å². The molecule has 0 spiro atoms. The Hall–Kier alpha value is -0.690. The van der Waals surface area contributed by atoms with Crippen LogP contribution in [0.4, 0.5) is 5.13 Å². The lowest BCUT2D eigenvalue weighted by molar-refractivity contribution is -0.126. The van der Waals surface area contributed by atoms with Crippen molar-refractivity contribution in [3.05, 3.63) is 11.1 Å². The summed E-state index contributed by atoms with van der Waals surface area (Å²) in [5, 5.41) is 3.38. The minimum Gasteiger partial charge on any atom is -0.364 e. The lowest BCUT2D eigenvalue weighted by Gasteiger charge is -2.11. The highest BCUT2D eigenvalue weighted by Crippen LogP contribution is 2.22. The fourth-order valence-corrected chi connectivity index (χ4v) is 2.34. The van der Waals surface area contributed by atoms with Crippen molar-refractivity contribution in [1.82, 2.24) is 4.98 Å². The van der Waals surface area contributed by atoms with Crippen molar-refractivity contribution in [3.63, 3.8) is 0 Å². The summed E-state index contributed by atoms with van der Waals surface area (Å²) in [7, 11) is 0. The summed E-state index contributed by atoms with van der Waals surface area (Å²) >= 11 is 1.46. The lowest BCUT2D eigenvalue weighted by Crippen LogP contribution is -2.29. The number of hydrogen-bond acceptors (Lipinski definition) is 5. The summed E-state index contributed by atoms with van der Waals surface area (Å²) in [5.41, 5.74) is 5.49. The Morgan fingerprint density at radius 2 is 2.47 bits per heavy atom. The SMILES string of the molecule is Cc1cnc(NC(=O)[C@@H]2CC[C@H](CN)O2)s1.Cl. The molecule has 2 rings (SSSR count). The van der Waals surface area contributed by atoms with Crippen molar-refractivity contribution in [2.75, 3.05) is 11.9 Å². The standard InChI is InChI=1S/C10H15N3O2S.ClH/c1-6-5-12-10(16-6)13-9(14)8-3-2-7(4-11)15-8;/h5,7-8H,2-4,11H2,1H3,(H,12,13,14);1H/t7-,8+;/m1./s1. The number of nitrogens with two attached hydrogens (primary N) is 1. The molecule has 1 amide bonds. The van der Waals surface area contributed by atoms with Crippen LogP contribution in [-0.4, -0.2) is 29.6 Å². The monoisotopic (exact) mass is 277 g/mol. The maximum absolute atomic E-state index is 11.8. The Morgan fingerprint density at radius 1 is 1.71 bits per heavy atom. The van der Waals surface area contributed by atoms with Gasteiger partial charge in [-0.1, -0.05) is 0 Å². The topological polar surface area (TPSA) is 77.2 Å². The Balaban J connectivity index is 0.00000144. The third kappa shape index (κ3) is 3.64. The van der Waals surface area contributed by atoms with Crippen LogP contribution in [-0.2, 0) is 9.53 Å². The van der Waals surface area contributed by atoms with Gasteiger partial charge < -0.3 is 10.5 Å². The molecule has 7 heteroatoms. The second-order valence-corrected chi connectivity index (χ2v) is 5.06. The molecular weight excluding hydrogens is 262 g/mol. The van der Waals surface area contributed by atoms with E-state index in [1.54, 1.807) is 6.20 Å². The number of carbonyl (C=O) groups is 1. The van der Waals surface area contributed by atoms with Gasteiger partial charge in [-0.3, -0.25) is 10.1 Å². The van der Waals surface area contributed by atoms with E-state index in [0.717, 1.165) is 17.7 Å². The molecule has 2 heterocycles. The van der Waals surface area contributed by atoms with Gasteiger partial charge in [0.05, 0.1) is 6.10 Å². The van der Waals surface area contributed by atoms with Crippen LogP contribution in [0.2, 0.25) is 0 Å². The van der Waals surface area contributed by atoms with E-state index in [1.165, 1.54) is 11.3 Å². The van der Waals surface area contributed by atoms with Crippen molar-refractivity contribution in [2.24, 2.45) is 5.73 Å². The number of anilines is 1. The molecule has 1 aromatic rings. The Labute approximate surface area is 110 Å². The van der Waals surface area contributed by atoms with E-state index in [4.69, 9.17) is 10.5 Å². The molecule has 0 aromatic carbocycles. The van der Waals surface area contributed by atoms with Crippen LogP contribution >= 0.6 is 23.7 Å². The zero-order valence-electron chi connectivity index (χ0n) is 9.51. The minimum atomic E-state index is -0.377. The van der Waals surface area contributed by atoms with Crippen molar-refractivity contribution < 1.29 is 9.53 Å². The first-order valence-corrected chi connectivity index (χ1v) is 6.09. The molecule has 0 saturated carbocycles. The van der Waals surface area contributed by atoms with Crippen LogP contribution in [0.25, 0.3) is 0 Å². The summed E-state index contributed by atoms with van der Waals surface area (Å²) in [4.78, 5) is 16.9. The third-order valence-corrected chi connectivity index (χ3v) is 3.34. The van der Waals surface area contributed by atoms with E-state index in [0.29, 0.717) is 11.7 Å². The molecule has 2 atom stereocenters. The molecule has 0 bridgehead atoms. The molecule has 0 aliphatic carbocycles. The molecule has 1 aromatic heterocycles. The summed E-state index contributed by atoms with van der Waals surface area (Å²) in [6, 6.07) is 0. The molecule has 96 valence electrons. The van der Waals surface area contributed by atoms with Gasteiger partial charge in [-0.2, -0.15) is 0 Å². The Morgan fingerprint density at radius 3 is 3.00 bits per heavy atom. The molecule has 5 nitrogen and oxygen atoms in total. The van der Waals surface area contributed by atoms with Gasteiger partial charge in [-0.25, -0.2) is 4.98 Å². The predicted molar refractivity (Wildman–Crippen MR) is 69.7 cm³/mol. The number of hydrogen-bond donors (Lipinski definition) is 2. The average Bonchev–Trinajstić information content (AvgIpc) is 2.87. The fraction of sp³-hybridized carbons (Fsp3) is 0.600. The van der Waals surface area contributed by atoms with Gasteiger partial charge in [0.2, 0.25) is 0 Å².